The van der Waals surface area contributed by atoms with Gasteiger partial charge in [-0.3, -0.25) is 0 Å². The monoisotopic (exact) mass is 409 g/mol. The van der Waals surface area contributed by atoms with Gasteiger partial charge in [-0.05, 0) is 63.5 Å². The molecule has 2 aliphatic rings. The van der Waals surface area contributed by atoms with Gasteiger partial charge in [-0.25, -0.2) is 0 Å². The van der Waals surface area contributed by atoms with Crippen molar-refractivity contribution in [3.63, 3.8) is 0 Å². The van der Waals surface area contributed by atoms with Gasteiger partial charge in [-0.15, -0.1) is 6.58 Å². The lowest BCUT2D eigenvalue weighted by Crippen LogP contribution is -2.45. The maximum atomic E-state index is 10.8. The highest BCUT2D eigenvalue weighted by atomic mass is 16.7. The summed E-state index contributed by atoms with van der Waals surface area (Å²) >= 11 is 0. The van der Waals surface area contributed by atoms with E-state index in [2.05, 4.69) is 12.6 Å². The highest BCUT2D eigenvalue weighted by molar-refractivity contribution is 6.55. The van der Waals surface area contributed by atoms with Crippen molar-refractivity contribution in [2.45, 2.75) is 51.4 Å². The molecule has 2 N–H and O–H groups in total. The zero-order valence-electron chi connectivity index (χ0n) is 17.9. The molecule has 0 aromatic heterocycles. The van der Waals surface area contributed by atoms with E-state index in [1.54, 1.807) is 30.3 Å². The summed E-state index contributed by atoms with van der Waals surface area (Å²) in [6.07, 6.45) is 4.40. The largest absolute Gasteiger partial charge is 0.491 e. The lowest BCUT2D eigenvalue weighted by atomic mass is 9.57. The van der Waals surface area contributed by atoms with E-state index in [1.165, 1.54) is 0 Å². The van der Waals surface area contributed by atoms with Crippen LogP contribution in [0.5, 0.6) is 5.75 Å². The van der Waals surface area contributed by atoms with Crippen LogP contribution in [0.4, 0.5) is 0 Å². The summed E-state index contributed by atoms with van der Waals surface area (Å²) in [6.45, 7) is 11.3. The van der Waals surface area contributed by atoms with Gasteiger partial charge in [0.25, 0.3) is 0 Å². The van der Waals surface area contributed by atoms with Gasteiger partial charge in [0.15, 0.2) is 0 Å². The second kappa shape index (κ2) is 8.05. The summed E-state index contributed by atoms with van der Waals surface area (Å²) in [6, 6.07) is 8.85. The van der Waals surface area contributed by atoms with Crippen LogP contribution >= 0.6 is 0 Å². The number of nitrogens with zero attached hydrogens (tertiary/aromatic N) is 1. The first-order valence-electron chi connectivity index (χ1n) is 9.96. The lowest BCUT2D eigenvalue weighted by Gasteiger charge is -2.40. The van der Waals surface area contributed by atoms with E-state index in [0.29, 0.717) is 22.5 Å². The minimum Gasteiger partial charge on any atom is -0.462 e. The van der Waals surface area contributed by atoms with E-state index < -0.39 is 36.4 Å². The van der Waals surface area contributed by atoms with Crippen LogP contribution in [0.25, 0.3) is 0 Å². The molecule has 0 bridgehead atoms. The molecule has 0 saturated carbocycles. The highest BCUT2D eigenvalue weighted by Gasteiger charge is 2.57. The molecule has 2 unspecified atom stereocenters. The van der Waals surface area contributed by atoms with Crippen LogP contribution in [-0.4, -0.2) is 41.2 Å². The zero-order chi connectivity index (χ0) is 22.2. The topological polar surface area (TPSA) is 91.9 Å². The van der Waals surface area contributed by atoms with Gasteiger partial charge in [0.2, 0.25) is 0 Å². The normalized spacial score (nSPS) is 25.7. The molecule has 7 heteroatoms. The first kappa shape index (κ1) is 22.3. The maximum absolute atomic E-state index is 10.8. The van der Waals surface area contributed by atoms with E-state index >= 15 is 0 Å². The van der Waals surface area contributed by atoms with Crippen molar-refractivity contribution in [1.29, 1.82) is 5.26 Å². The van der Waals surface area contributed by atoms with Crippen LogP contribution in [0.1, 0.15) is 39.7 Å². The van der Waals surface area contributed by atoms with E-state index in [9.17, 15) is 10.2 Å². The third-order valence-corrected chi connectivity index (χ3v) is 6.32. The highest BCUT2D eigenvalue weighted by Crippen LogP contribution is 2.48. The van der Waals surface area contributed by atoms with Crippen molar-refractivity contribution in [1.82, 2.24) is 0 Å². The fourth-order valence-corrected chi connectivity index (χ4v) is 3.67. The number of hydrogen-bond acceptors (Lipinski definition) is 6. The third-order valence-electron chi connectivity index (χ3n) is 6.32. The Bertz CT molecular complexity index is 897. The molecular weight excluding hydrogens is 381 g/mol. The van der Waals surface area contributed by atoms with Crippen LogP contribution in [0, 0.1) is 16.7 Å². The molecule has 1 saturated heterocycles. The summed E-state index contributed by atoms with van der Waals surface area (Å²) < 4.78 is 18.4. The van der Waals surface area contributed by atoms with Gasteiger partial charge in [0.05, 0.1) is 35.5 Å². The van der Waals surface area contributed by atoms with Gasteiger partial charge >= 0.3 is 7.12 Å². The molecule has 158 valence electrons. The molecule has 1 aromatic rings. The number of ether oxygens (including phenoxy) is 1. The van der Waals surface area contributed by atoms with Gasteiger partial charge in [0.1, 0.15) is 11.5 Å². The summed E-state index contributed by atoms with van der Waals surface area (Å²) in [5.74, 6) is 1.16. The molecule has 1 heterocycles. The summed E-state index contributed by atoms with van der Waals surface area (Å²) in [5, 5.41) is 29.5. The molecule has 1 aliphatic heterocycles. The molecule has 1 fully saturated rings. The average molecular weight is 409 g/mol. The van der Waals surface area contributed by atoms with Crippen LogP contribution in [0.2, 0.25) is 0 Å². The standard InChI is InChI=1S/C23H28BNO5/c1-6-23(20(27)15-26)13-18(28-17-9-7-16(14-25)8-10-17)11-12-19(23)24-29-21(2,3)22(4,5)30-24/h6-12,20,26-27H,1,13,15H2,2-5H3. The van der Waals surface area contributed by atoms with Crippen molar-refractivity contribution in [2.24, 2.45) is 5.41 Å². The van der Waals surface area contributed by atoms with Crippen molar-refractivity contribution < 1.29 is 24.3 Å². The minimum atomic E-state index is -1.12. The summed E-state index contributed by atoms with van der Waals surface area (Å²) in [4.78, 5) is 0. The average Bonchev–Trinajstić information content (AvgIpc) is 2.94. The van der Waals surface area contributed by atoms with E-state index in [4.69, 9.17) is 19.3 Å². The van der Waals surface area contributed by atoms with Crippen molar-refractivity contribution in [3.8, 4) is 11.8 Å². The first-order chi connectivity index (χ1) is 14.1. The Balaban J connectivity index is 1.96. The Morgan fingerprint density at radius 3 is 2.30 bits per heavy atom. The molecule has 1 aromatic carbocycles. The number of benzene rings is 1. The van der Waals surface area contributed by atoms with Crippen LogP contribution in [-0.2, 0) is 9.31 Å². The van der Waals surface area contributed by atoms with Crippen molar-refractivity contribution in [3.05, 3.63) is 65.9 Å². The third kappa shape index (κ3) is 3.84. The molecule has 30 heavy (non-hydrogen) atoms. The minimum absolute atomic E-state index is 0.272. The zero-order valence-corrected chi connectivity index (χ0v) is 17.9. The first-order valence-corrected chi connectivity index (χ1v) is 9.96. The molecule has 1 aliphatic carbocycles. The number of aliphatic hydroxyl groups excluding tert-OH is 2. The molecule has 6 nitrogen and oxygen atoms in total. The van der Waals surface area contributed by atoms with E-state index in [1.807, 2.05) is 39.8 Å². The van der Waals surface area contributed by atoms with E-state index in [0.717, 1.165) is 0 Å². The fraction of sp³-hybridized carbons (Fsp3) is 0.435. The Kier molecular flexibility index (Phi) is 5.99. The Labute approximate surface area is 178 Å². The number of aliphatic hydroxyl groups is 2. The number of nitriles is 1. The smallest absolute Gasteiger partial charge is 0.462 e. The van der Waals surface area contributed by atoms with Crippen LogP contribution in [0.15, 0.2) is 60.3 Å². The van der Waals surface area contributed by atoms with Gasteiger partial charge in [-0.1, -0.05) is 12.2 Å². The number of rotatable bonds is 6. The molecule has 0 radical (unpaired) electrons. The van der Waals surface area contributed by atoms with E-state index in [-0.39, 0.29) is 6.42 Å². The SMILES string of the molecule is C=CC1(C(O)CO)CC(Oc2ccc(C#N)cc2)=CC=C1B1OC(C)(C)C(C)(C)O1. The predicted octanol–water partition coefficient (Wildman–Crippen LogP) is 3.31. The quantitative estimate of drug-likeness (QED) is 0.553. The number of allylic oxidation sites excluding steroid dienone is 3. The molecular formula is C23H28BNO5. The van der Waals surface area contributed by atoms with Gasteiger partial charge < -0.3 is 24.3 Å². The summed E-state index contributed by atoms with van der Waals surface area (Å²) in [7, 11) is -0.693. The Morgan fingerprint density at radius 1 is 1.20 bits per heavy atom. The predicted molar refractivity (Wildman–Crippen MR) is 114 cm³/mol. The fourth-order valence-electron chi connectivity index (χ4n) is 3.67. The molecule has 3 rings (SSSR count). The van der Waals surface area contributed by atoms with Gasteiger partial charge in [0, 0.05) is 11.8 Å². The number of hydrogen-bond donors (Lipinski definition) is 2. The second-order valence-corrected chi connectivity index (χ2v) is 8.70. The molecule has 2 atom stereocenters. The Morgan fingerprint density at radius 2 is 1.80 bits per heavy atom. The molecule has 0 spiro atoms. The maximum Gasteiger partial charge on any atom is 0.491 e. The molecule has 0 amide bonds. The summed E-state index contributed by atoms with van der Waals surface area (Å²) in [5.41, 5.74) is -0.882. The Hall–Kier alpha value is -2.37. The lowest BCUT2D eigenvalue weighted by molar-refractivity contribution is 0.00578. The van der Waals surface area contributed by atoms with Crippen LogP contribution < -0.4 is 4.74 Å². The van der Waals surface area contributed by atoms with Crippen molar-refractivity contribution >= 4 is 7.12 Å². The van der Waals surface area contributed by atoms with Gasteiger partial charge in [-0.2, -0.15) is 5.26 Å². The van der Waals surface area contributed by atoms with Crippen LogP contribution in [0.3, 0.4) is 0 Å². The van der Waals surface area contributed by atoms with Crippen molar-refractivity contribution in [2.75, 3.05) is 6.61 Å². The second-order valence-electron chi connectivity index (χ2n) is 8.70.